The van der Waals surface area contributed by atoms with E-state index in [0.717, 1.165) is 10.9 Å². The van der Waals surface area contributed by atoms with E-state index < -0.39 is 6.10 Å². The first kappa shape index (κ1) is 11.9. The van der Waals surface area contributed by atoms with Crippen molar-refractivity contribution in [3.05, 3.63) is 36.5 Å². The lowest BCUT2D eigenvalue weighted by Crippen LogP contribution is -2.33. The van der Waals surface area contributed by atoms with Crippen molar-refractivity contribution in [2.45, 2.75) is 12.5 Å². The molecule has 2 aromatic rings. The zero-order chi connectivity index (χ0) is 13.2. The summed E-state index contributed by atoms with van der Waals surface area (Å²) >= 11 is 0. The normalized spacial score (nSPS) is 18.8. The number of urea groups is 1. The number of hydrogen-bond donors (Lipinski definition) is 2. The minimum absolute atomic E-state index is 0.185. The highest BCUT2D eigenvalue weighted by Crippen LogP contribution is 2.21. The molecule has 2 amide bonds. The summed E-state index contributed by atoms with van der Waals surface area (Å²) in [7, 11) is 0. The van der Waals surface area contributed by atoms with Gasteiger partial charge in [0.1, 0.15) is 0 Å². The van der Waals surface area contributed by atoms with E-state index in [1.807, 2.05) is 30.3 Å². The average Bonchev–Trinajstić information content (AvgIpc) is 2.86. The second-order valence-corrected chi connectivity index (χ2v) is 4.70. The van der Waals surface area contributed by atoms with Gasteiger partial charge in [0.15, 0.2) is 0 Å². The summed E-state index contributed by atoms with van der Waals surface area (Å²) in [6, 6.07) is 9.31. The van der Waals surface area contributed by atoms with Crippen LogP contribution in [0, 0.1) is 0 Å². The van der Waals surface area contributed by atoms with Crippen molar-refractivity contribution in [3.8, 4) is 0 Å². The first-order chi connectivity index (χ1) is 9.24. The first-order valence-corrected chi connectivity index (χ1v) is 6.32. The van der Waals surface area contributed by atoms with Crippen LogP contribution in [0.1, 0.15) is 6.42 Å². The number of fused-ring (bicyclic) bond motifs is 1. The van der Waals surface area contributed by atoms with Crippen molar-refractivity contribution in [2.75, 3.05) is 18.4 Å². The molecule has 2 N–H and O–H groups in total. The molecule has 1 aromatic carbocycles. The Hall–Kier alpha value is -2.14. The Morgan fingerprint density at radius 2 is 2.21 bits per heavy atom. The van der Waals surface area contributed by atoms with Crippen molar-refractivity contribution >= 4 is 22.6 Å². The monoisotopic (exact) mass is 257 g/mol. The highest BCUT2D eigenvalue weighted by molar-refractivity contribution is 5.99. The number of para-hydroxylation sites is 1. The fourth-order valence-corrected chi connectivity index (χ4v) is 2.33. The van der Waals surface area contributed by atoms with Gasteiger partial charge in [0.05, 0.1) is 17.3 Å². The molecule has 3 rings (SSSR count). The number of amides is 2. The van der Waals surface area contributed by atoms with Crippen LogP contribution in [0.4, 0.5) is 10.5 Å². The Bertz CT molecular complexity index is 609. The Morgan fingerprint density at radius 1 is 1.37 bits per heavy atom. The number of carbonyl (C=O) groups excluding carboxylic acids is 1. The van der Waals surface area contributed by atoms with Crippen LogP contribution in [0.5, 0.6) is 0 Å². The van der Waals surface area contributed by atoms with Gasteiger partial charge in [-0.05, 0) is 18.6 Å². The third-order valence-corrected chi connectivity index (χ3v) is 3.32. The lowest BCUT2D eigenvalue weighted by molar-refractivity contribution is 0.176. The number of aliphatic hydroxyl groups excluding tert-OH is 1. The molecule has 5 heteroatoms. The molecule has 0 spiro atoms. The number of benzene rings is 1. The van der Waals surface area contributed by atoms with Gasteiger partial charge in [-0.3, -0.25) is 4.98 Å². The number of rotatable bonds is 1. The van der Waals surface area contributed by atoms with Crippen LogP contribution < -0.4 is 5.32 Å². The van der Waals surface area contributed by atoms with Gasteiger partial charge in [-0.25, -0.2) is 4.79 Å². The van der Waals surface area contributed by atoms with Gasteiger partial charge in [0.25, 0.3) is 0 Å². The predicted molar refractivity (Wildman–Crippen MR) is 73.0 cm³/mol. The van der Waals surface area contributed by atoms with E-state index in [1.54, 1.807) is 11.1 Å². The summed E-state index contributed by atoms with van der Waals surface area (Å²) in [4.78, 5) is 18.0. The molecule has 19 heavy (non-hydrogen) atoms. The third-order valence-electron chi connectivity index (χ3n) is 3.32. The predicted octanol–water partition coefficient (Wildman–Crippen LogP) is 1.83. The van der Waals surface area contributed by atoms with Crippen LogP contribution in [0.25, 0.3) is 10.9 Å². The maximum absolute atomic E-state index is 12.1. The zero-order valence-corrected chi connectivity index (χ0v) is 10.4. The van der Waals surface area contributed by atoms with E-state index in [0.29, 0.717) is 25.2 Å². The summed E-state index contributed by atoms with van der Waals surface area (Å²) in [5, 5.41) is 13.3. The van der Waals surface area contributed by atoms with Crippen molar-refractivity contribution in [1.82, 2.24) is 9.88 Å². The van der Waals surface area contributed by atoms with Gasteiger partial charge in [-0.1, -0.05) is 18.2 Å². The summed E-state index contributed by atoms with van der Waals surface area (Å²) in [6.07, 6.45) is 1.94. The number of hydrogen-bond acceptors (Lipinski definition) is 3. The van der Waals surface area contributed by atoms with Crippen LogP contribution in [0.15, 0.2) is 36.5 Å². The van der Waals surface area contributed by atoms with E-state index in [9.17, 15) is 9.90 Å². The molecule has 98 valence electrons. The van der Waals surface area contributed by atoms with Gasteiger partial charge in [-0.2, -0.15) is 0 Å². The topological polar surface area (TPSA) is 65.5 Å². The second kappa shape index (κ2) is 4.85. The van der Waals surface area contributed by atoms with E-state index in [-0.39, 0.29) is 6.03 Å². The van der Waals surface area contributed by atoms with Crippen LogP contribution in [0.3, 0.4) is 0 Å². The Balaban J connectivity index is 1.83. The van der Waals surface area contributed by atoms with Crippen LogP contribution in [0.2, 0.25) is 0 Å². The van der Waals surface area contributed by atoms with Crippen LogP contribution >= 0.6 is 0 Å². The molecule has 0 radical (unpaired) electrons. The van der Waals surface area contributed by atoms with Crippen LogP contribution in [-0.4, -0.2) is 40.2 Å². The molecule has 1 aliphatic heterocycles. The highest BCUT2D eigenvalue weighted by Gasteiger charge is 2.24. The van der Waals surface area contributed by atoms with E-state index in [1.165, 1.54) is 0 Å². The summed E-state index contributed by atoms with van der Waals surface area (Å²) in [5.74, 6) is 0. The number of carbonyl (C=O) groups is 1. The molecule has 1 fully saturated rings. The third kappa shape index (κ3) is 2.37. The van der Waals surface area contributed by atoms with Crippen molar-refractivity contribution in [3.63, 3.8) is 0 Å². The van der Waals surface area contributed by atoms with Gasteiger partial charge in [-0.15, -0.1) is 0 Å². The number of likely N-dealkylation sites (tertiary alicyclic amines) is 1. The molecule has 5 nitrogen and oxygen atoms in total. The molecule has 1 atom stereocenters. The molecule has 2 heterocycles. The standard InChI is InChI=1S/C14H15N3O2/c18-11-6-8-17(9-11)14(19)16-12-5-1-3-10-4-2-7-15-13(10)12/h1-5,7,11,18H,6,8-9H2,(H,16,19)/t11-/m1/s1. The van der Waals surface area contributed by atoms with Crippen molar-refractivity contribution < 1.29 is 9.90 Å². The summed E-state index contributed by atoms with van der Waals surface area (Å²) < 4.78 is 0. The minimum Gasteiger partial charge on any atom is -0.391 e. The van der Waals surface area contributed by atoms with Crippen molar-refractivity contribution in [1.29, 1.82) is 0 Å². The van der Waals surface area contributed by atoms with Crippen molar-refractivity contribution in [2.24, 2.45) is 0 Å². The number of aromatic nitrogens is 1. The molecule has 0 saturated carbocycles. The Morgan fingerprint density at radius 3 is 3.00 bits per heavy atom. The number of β-amino-alcohol motifs (C(OH)–C–C–N with tert-alkyl or cyclic N) is 1. The number of nitrogens with one attached hydrogen (secondary N) is 1. The number of pyridine rings is 1. The van der Waals surface area contributed by atoms with Gasteiger partial charge in [0.2, 0.25) is 0 Å². The smallest absolute Gasteiger partial charge is 0.321 e. The van der Waals surface area contributed by atoms with E-state index >= 15 is 0 Å². The fraction of sp³-hybridized carbons (Fsp3) is 0.286. The number of aliphatic hydroxyl groups is 1. The second-order valence-electron chi connectivity index (χ2n) is 4.70. The molecule has 0 unspecified atom stereocenters. The molecular weight excluding hydrogens is 242 g/mol. The average molecular weight is 257 g/mol. The lowest BCUT2D eigenvalue weighted by atomic mass is 10.2. The van der Waals surface area contributed by atoms with E-state index in [4.69, 9.17) is 0 Å². The molecule has 1 aromatic heterocycles. The Labute approximate surface area is 110 Å². The molecule has 0 bridgehead atoms. The van der Waals surface area contributed by atoms with Gasteiger partial charge >= 0.3 is 6.03 Å². The molecule has 1 saturated heterocycles. The highest BCUT2D eigenvalue weighted by atomic mass is 16.3. The number of nitrogens with zero attached hydrogens (tertiary/aromatic N) is 2. The van der Waals surface area contributed by atoms with E-state index in [2.05, 4.69) is 10.3 Å². The minimum atomic E-state index is -0.406. The van der Waals surface area contributed by atoms with Gasteiger partial charge in [0, 0.05) is 24.7 Å². The molecule has 1 aliphatic rings. The molecule has 0 aliphatic carbocycles. The molecular formula is C14H15N3O2. The quantitative estimate of drug-likeness (QED) is 0.819. The maximum atomic E-state index is 12.1. The summed E-state index contributed by atoms with van der Waals surface area (Å²) in [6.45, 7) is 0.981. The lowest BCUT2D eigenvalue weighted by Gasteiger charge is -2.17. The fourth-order valence-electron chi connectivity index (χ4n) is 2.33. The largest absolute Gasteiger partial charge is 0.391 e. The first-order valence-electron chi connectivity index (χ1n) is 6.32. The Kier molecular flexibility index (Phi) is 3.05. The number of anilines is 1. The van der Waals surface area contributed by atoms with Gasteiger partial charge < -0.3 is 15.3 Å². The summed E-state index contributed by atoms with van der Waals surface area (Å²) in [5.41, 5.74) is 1.47. The maximum Gasteiger partial charge on any atom is 0.321 e. The SMILES string of the molecule is O=C(Nc1cccc2cccnc12)N1CC[C@@H](O)C1. The van der Waals surface area contributed by atoms with Crippen LogP contribution in [-0.2, 0) is 0 Å². The zero-order valence-electron chi connectivity index (χ0n) is 10.4.